The number of thioether (sulfide) groups is 2. The van der Waals surface area contributed by atoms with E-state index in [4.69, 9.17) is 9.72 Å². The Bertz CT molecular complexity index is 448. The van der Waals surface area contributed by atoms with Gasteiger partial charge in [-0.15, -0.1) is 23.1 Å². The molecule has 2 aliphatic rings. The van der Waals surface area contributed by atoms with Crippen LogP contribution in [0.25, 0.3) is 0 Å². The number of methoxy groups -OCH3 is 1. The molecule has 6 heteroatoms. The molecule has 3 nitrogen and oxygen atoms in total. The van der Waals surface area contributed by atoms with Crippen molar-refractivity contribution >= 4 is 34.9 Å². The van der Waals surface area contributed by atoms with E-state index in [9.17, 15) is 0 Å². The van der Waals surface area contributed by atoms with Gasteiger partial charge in [-0.3, -0.25) is 0 Å². The molecule has 0 bridgehead atoms. The maximum absolute atomic E-state index is 5.32. The number of thiazole rings is 1. The molecule has 0 aromatic carbocycles. The standard InChI is InChI=1S/C14H22N2OS3/c1-9-13(19-6-5-18-9)14-16-11(8-17-2)12(20-14)7-15-10-3-4-10/h9-10,13,15H,3-8H2,1-2H3. The minimum absolute atomic E-state index is 0.559. The molecular weight excluding hydrogens is 308 g/mol. The summed E-state index contributed by atoms with van der Waals surface area (Å²) in [4.78, 5) is 6.26. The van der Waals surface area contributed by atoms with Crippen LogP contribution < -0.4 is 5.32 Å². The highest BCUT2D eigenvalue weighted by molar-refractivity contribution is 8.06. The Labute approximate surface area is 133 Å². The zero-order valence-electron chi connectivity index (χ0n) is 12.1. The van der Waals surface area contributed by atoms with Crippen molar-refractivity contribution in [3.63, 3.8) is 0 Å². The van der Waals surface area contributed by atoms with Gasteiger partial charge in [0.15, 0.2) is 0 Å². The molecule has 3 rings (SSSR count). The van der Waals surface area contributed by atoms with Gasteiger partial charge >= 0.3 is 0 Å². The van der Waals surface area contributed by atoms with Crippen molar-refractivity contribution in [3.8, 4) is 0 Å². The summed E-state index contributed by atoms with van der Waals surface area (Å²) < 4.78 is 5.32. The summed E-state index contributed by atoms with van der Waals surface area (Å²) in [6, 6.07) is 0.745. The number of aromatic nitrogens is 1. The second-order valence-corrected chi connectivity index (χ2v) is 9.23. The smallest absolute Gasteiger partial charge is 0.107 e. The van der Waals surface area contributed by atoms with Crippen LogP contribution in [0.15, 0.2) is 0 Å². The predicted octanol–water partition coefficient (Wildman–Crippen LogP) is 3.45. The first kappa shape index (κ1) is 15.2. The fourth-order valence-corrected chi connectivity index (χ4v) is 6.52. The molecule has 1 saturated carbocycles. The molecular formula is C14H22N2OS3. The second-order valence-electron chi connectivity index (χ2n) is 5.38. The van der Waals surface area contributed by atoms with Crippen LogP contribution in [-0.4, -0.2) is 34.9 Å². The average Bonchev–Trinajstić information content (AvgIpc) is 3.19. The van der Waals surface area contributed by atoms with E-state index in [1.165, 1.54) is 34.2 Å². The summed E-state index contributed by atoms with van der Waals surface area (Å²) in [5.41, 5.74) is 1.14. The van der Waals surface area contributed by atoms with E-state index in [-0.39, 0.29) is 0 Å². The molecule has 2 heterocycles. The average molecular weight is 331 g/mol. The largest absolute Gasteiger partial charge is 0.378 e. The van der Waals surface area contributed by atoms with Crippen LogP contribution in [0.5, 0.6) is 0 Å². The van der Waals surface area contributed by atoms with Crippen molar-refractivity contribution in [2.75, 3.05) is 18.6 Å². The molecule has 2 fully saturated rings. The maximum Gasteiger partial charge on any atom is 0.107 e. The Kier molecular flexibility index (Phi) is 5.31. The Morgan fingerprint density at radius 1 is 1.30 bits per heavy atom. The molecule has 20 heavy (non-hydrogen) atoms. The summed E-state index contributed by atoms with van der Waals surface area (Å²) in [7, 11) is 1.75. The molecule has 1 aliphatic carbocycles. The molecule has 112 valence electrons. The number of nitrogens with zero attached hydrogens (tertiary/aromatic N) is 1. The number of nitrogens with one attached hydrogen (secondary N) is 1. The molecule has 1 saturated heterocycles. The molecule has 1 N–H and O–H groups in total. The van der Waals surface area contributed by atoms with E-state index in [1.807, 2.05) is 11.3 Å². The summed E-state index contributed by atoms with van der Waals surface area (Å²) in [5, 5.41) is 6.13. The molecule has 1 aromatic rings. The lowest BCUT2D eigenvalue weighted by atomic mass is 10.3. The number of ether oxygens (including phenoxy) is 1. The van der Waals surface area contributed by atoms with Gasteiger partial charge in [-0.1, -0.05) is 6.92 Å². The number of rotatable bonds is 6. The maximum atomic E-state index is 5.32. The van der Waals surface area contributed by atoms with Crippen LogP contribution >= 0.6 is 34.9 Å². The third-order valence-corrected chi connectivity index (χ3v) is 8.06. The van der Waals surface area contributed by atoms with Crippen molar-refractivity contribution in [1.29, 1.82) is 0 Å². The molecule has 1 aliphatic heterocycles. The highest BCUT2D eigenvalue weighted by atomic mass is 32.2. The van der Waals surface area contributed by atoms with E-state index in [2.05, 4.69) is 35.8 Å². The van der Waals surface area contributed by atoms with Crippen LogP contribution in [0.4, 0.5) is 0 Å². The van der Waals surface area contributed by atoms with Crippen molar-refractivity contribution < 1.29 is 4.74 Å². The Balaban J connectivity index is 1.73. The molecule has 2 unspecified atom stereocenters. The lowest BCUT2D eigenvalue weighted by Crippen LogP contribution is -2.15. The Morgan fingerprint density at radius 3 is 2.80 bits per heavy atom. The van der Waals surface area contributed by atoms with Crippen LogP contribution in [0.1, 0.15) is 40.6 Å². The van der Waals surface area contributed by atoms with Gasteiger partial charge < -0.3 is 10.1 Å². The minimum Gasteiger partial charge on any atom is -0.378 e. The Morgan fingerprint density at radius 2 is 2.10 bits per heavy atom. The monoisotopic (exact) mass is 330 g/mol. The normalized spacial score (nSPS) is 26.9. The van der Waals surface area contributed by atoms with Crippen LogP contribution in [0.3, 0.4) is 0 Å². The highest BCUT2D eigenvalue weighted by Crippen LogP contribution is 2.44. The quantitative estimate of drug-likeness (QED) is 0.864. The zero-order valence-corrected chi connectivity index (χ0v) is 14.5. The molecule has 0 radical (unpaired) electrons. The lowest BCUT2D eigenvalue weighted by Gasteiger charge is -2.25. The lowest BCUT2D eigenvalue weighted by molar-refractivity contribution is 0.181. The van der Waals surface area contributed by atoms with Crippen molar-refractivity contribution in [3.05, 3.63) is 15.6 Å². The predicted molar refractivity (Wildman–Crippen MR) is 89.8 cm³/mol. The van der Waals surface area contributed by atoms with Crippen LogP contribution in [0, 0.1) is 0 Å². The van der Waals surface area contributed by atoms with Gasteiger partial charge in [0.05, 0.1) is 17.6 Å². The highest BCUT2D eigenvalue weighted by Gasteiger charge is 2.28. The molecule has 1 aromatic heterocycles. The van der Waals surface area contributed by atoms with Gasteiger partial charge in [0.1, 0.15) is 5.01 Å². The van der Waals surface area contributed by atoms with Gasteiger partial charge in [0, 0.05) is 41.3 Å². The fourth-order valence-electron chi connectivity index (χ4n) is 2.34. The molecule has 0 spiro atoms. The zero-order chi connectivity index (χ0) is 13.9. The van der Waals surface area contributed by atoms with Gasteiger partial charge in [-0.2, -0.15) is 11.8 Å². The second kappa shape index (κ2) is 7.01. The minimum atomic E-state index is 0.559. The van der Waals surface area contributed by atoms with E-state index >= 15 is 0 Å². The SMILES string of the molecule is COCc1nc(C2SCCSC2C)sc1CNC1CC1. The number of hydrogen-bond donors (Lipinski definition) is 1. The van der Waals surface area contributed by atoms with Crippen molar-refractivity contribution in [2.24, 2.45) is 0 Å². The summed E-state index contributed by atoms with van der Waals surface area (Å²) >= 11 is 6.04. The summed E-state index contributed by atoms with van der Waals surface area (Å²) in [6.45, 7) is 3.93. The first-order chi connectivity index (χ1) is 9.78. The topological polar surface area (TPSA) is 34.1 Å². The third-order valence-electron chi connectivity index (χ3n) is 3.64. The van der Waals surface area contributed by atoms with Gasteiger partial charge in [0.25, 0.3) is 0 Å². The van der Waals surface area contributed by atoms with E-state index < -0.39 is 0 Å². The Hall–Kier alpha value is 0.250. The fraction of sp³-hybridized carbons (Fsp3) is 0.786. The van der Waals surface area contributed by atoms with E-state index in [0.717, 1.165) is 18.3 Å². The van der Waals surface area contributed by atoms with Gasteiger partial charge in [0.2, 0.25) is 0 Å². The van der Waals surface area contributed by atoms with Crippen molar-refractivity contribution in [2.45, 2.75) is 49.5 Å². The van der Waals surface area contributed by atoms with E-state index in [1.54, 1.807) is 7.11 Å². The summed E-state index contributed by atoms with van der Waals surface area (Å²) in [5.74, 6) is 2.52. The summed E-state index contributed by atoms with van der Waals surface area (Å²) in [6.07, 6.45) is 2.66. The molecule has 0 amide bonds. The van der Waals surface area contributed by atoms with E-state index in [0.29, 0.717) is 17.1 Å². The van der Waals surface area contributed by atoms with Crippen LogP contribution in [0.2, 0.25) is 0 Å². The van der Waals surface area contributed by atoms with Crippen LogP contribution in [-0.2, 0) is 17.9 Å². The number of hydrogen-bond acceptors (Lipinski definition) is 6. The van der Waals surface area contributed by atoms with Gasteiger partial charge in [-0.25, -0.2) is 4.98 Å². The van der Waals surface area contributed by atoms with Crippen molar-refractivity contribution in [1.82, 2.24) is 10.3 Å². The third kappa shape index (κ3) is 3.71. The first-order valence-corrected chi connectivity index (χ1v) is 10.1. The van der Waals surface area contributed by atoms with Gasteiger partial charge in [-0.05, 0) is 12.8 Å². The molecule has 2 atom stereocenters. The first-order valence-electron chi connectivity index (χ1n) is 7.22.